The van der Waals surface area contributed by atoms with Crippen molar-refractivity contribution in [3.8, 4) is 0 Å². The molecule has 0 saturated carbocycles. The lowest BCUT2D eigenvalue weighted by atomic mass is 10.1. The van der Waals surface area contributed by atoms with Gasteiger partial charge in [0.05, 0.1) is 6.10 Å². The van der Waals surface area contributed by atoms with Gasteiger partial charge in [0.2, 0.25) is 0 Å². The highest BCUT2D eigenvalue weighted by atomic mass is 35.5. The number of aliphatic hydroxyl groups is 1. The van der Waals surface area contributed by atoms with Crippen LogP contribution in [0.25, 0.3) is 0 Å². The maximum atomic E-state index is 13.6. The molecule has 0 aliphatic heterocycles. The van der Waals surface area contributed by atoms with Crippen LogP contribution in [0.2, 0.25) is 5.02 Å². The van der Waals surface area contributed by atoms with Crippen LogP contribution >= 0.6 is 11.6 Å². The van der Waals surface area contributed by atoms with Gasteiger partial charge in [-0.3, -0.25) is 0 Å². The van der Waals surface area contributed by atoms with Gasteiger partial charge in [0.1, 0.15) is 11.6 Å². The van der Waals surface area contributed by atoms with Gasteiger partial charge in [0.25, 0.3) is 0 Å². The molecule has 0 heterocycles. The van der Waals surface area contributed by atoms with Gasteiger partial charge in [-0.05, 0) is 30.7 Å². The first-order chi connectivity index (χ1) is 9.97. The molecule has 0 aromatic heterocycles. The Kier molecular flexibility index (Phi) is 5.28. The van der Waals surface area contributed by atoms with Crippen molar-refractivity contribution in [3.05, 3.63) is 70.2 Å². The van der Waals surface area contributed by atoms with Crippen LogP contribution in [0.5, 0.6) is 0 Å². The van der Waals surface area contributed by atoms with E-state index in [0.717, 1.165) is 17.7 Å². The van der Waals surface area contributed by atoms with E-state index in [0.29, 0.717) is 5.02 Å². The molecule has 0 saturated heterocycles. The number of rotatable bonds is 5. The van der Waals surface area contributed by atoms with Crippen molar-refractivity contribution < 1.29 is 13.9 Å². The summed E-state index contributed by atoms with van der Waals surface area (Å²) >= 11 is 5.92. The standard InChI is InChI=1S/C16H16ClF2NO/c1-10(11-3-2-4-12(17)7-11)20-9-16(21)14-6-5-13(18)8-15(14)19/h2-8,10,16,20-21H,9H2,1H3. The average molecular weight is 312 g/mol. The van der Waals surface area contributed by atoms with E-state index >= 15 is 0 Å². The Morgan fingerprint density at radius 2 is 1.95 bits per heavy atom. The van der Waals surface area contributed by atoms with E-state index in [9.17, 15) is 13.9 Å². The monoisotopic (exact) mass is 311 g/mol. The molecule has 5 heteroatoms. The largest absolute Gasteiger partial charge is 0.387 e. The summed E-state index contributed by atoms with van der Waals surface area (Å²) in [5.41, 5.74) is 1.04. The molecular formula is C16H16ClF2NO. The molecule has 0 aliphatic carbocycles. The molecule has 2 unspecified atom stereocenters. The third-order valence-electron chi connectivity index (χ3n) is 3.29. The van der Waals surface area contributed by atoms with Crippen LogP contribution < -0.4 is 5.32 Å². The van der Waals surface area contributed by atoms with Gasteiger partial charge >= 0.3 is 0 Å². The molecule has 0 bridgehead atoms. The Balaban J connectivity index is 1.99. The minimum absolute atomic E-state index is 0.0538. The van der Waals surface area contributed by atoms with Gasteiger partial charge in [0, 0.05) is 29.2 Å². The zero-order chi connectivity index (χ0) is 15.4. The van der Waals surface area contributed by atoms with Crippen molar-refractivity contribution in [1.82, 2.24) is 5.32 Å². The summed E-state index contributed by atoms with van der Waals surface area (Å²) in [5.74, 6) is -1.41. The molecule has 2 N–H and O–H groups in total. The number of halogens is 3. The minimum Gasteiger partial charge on any atom is -0.387 e. The van der Waals surface area contributed by atoms with E-state index in [-0.39, 0.29) is 18.2 Å². The Bertz CT molecular complexity index is 621. The fourth-order valence-corrected chi connectivity index (χ4v) is 2.26. The van der Waals surface area contributed by atoms with Crippen LogP contribution in [0.15, 0.2) is 42.5 Å². The van der Waals surface area contributed by atoms with Crippen LogP contribution in [0.4, 0.5) is 8.78 Å². The normalized spacial score (nSPS) is 14.0. The maximum Gasteiger partial charge on any atom is 0.131 e. The number of hydrogen-bond donors (Lipinski definition) is 2. The molecule has 0 amide bonds. The van der Waals surface area contributed by atoms with Crippen molar-refractivity contribution in [3.63, 3.8) is 0 Å². The third kappa shape index (κ3) is 4.24. The van der Waals surface area contributed by atoms with Gasteiger partial charge in [-0.2, -0.15) is 0 Å². The highest BCUT2D eigenvalue weighted by Gasteiger charge is 2.15. The van der Waals surface area contributed by atoms with E-state index < -0.39 is 17.7 Å². The molecule has 2 aromatic carbocycles. The molecular weight excluding hydrogens is 296 g/mol. The summed E-state index contributed by atoms with van der Waals surface area (Å²) in [6, 6.07) is 10.4. The molecule has 0 spiro atoms. The first-order valence-corrected chi connectivity index (χ1v) is 6.97. The summed E-state index contributed by atoms with van der Waals surface area (Å²) in [7, 11) is 0. The van der Waals surface area contributed by atoms with Gasteiger partial charge in [0.15, 0.2) is 0 Å². The summed E-state index contributed by atoms with van der Waals surface area (Å²) in [6.07, 6.45) is -1.05. The fraction of sp³-hybridized carbons (Fsp3) is 0.250. The molecule has 2 nitrogen and oxygen atoms in total. The van der Waals surface area contributed by atoms with E-state index in [4.69, 9.17) is 11.6 Å². The average Bonchev–Trinajstić information content (AvgIpc) is 2.44. The molecule has 112 valence electrons. The summed E-state index contributed by atoms with van der Waals surface area (Å²) < 4.78 is 26.4. The molecule has 21 heavy (non-hydrogen) atoms. The second-order valence-corrected chi connectivity index (χ2v) is 5.30. The number of hydrogen-bond acceptors (Lipinski definition) is 2. The minimum atomic E-state index is -1.05. The molecule has 2 atom stereocenters. The number of aliphatic hydroxyl groups excluding tert-OH is 1. The smallest absolute Gasteiger partial charge is 0.131 e. The molecule has 2 rings (SSSR count). The first-order valence-electron chi connectivity index (χ1n) is 6.59. The molecule has 0 aliphatic rings. The van der Waals surface area contributed by atoms with E-state index in [2.05, 4.69) is 5.32 Å². The Hall–Kier alpha value is -1.49. The lowest BCUT2D eigenvalue weighted by molar-refractivity contribution is 0.166. The van der Waals surface area contributed by atoms with Gasteiger partial charge < -0.3 is 10.4 Å². The van der Waals surface area contributed by atoms with Crippen molar-refractivity contribution in [2.45, 2.75) is 19.1 Å². The Morgan fingerprint density at radius 1 is 1.19 bits per heavy atom. The maximum absolute atomic E-state index is 13.6. The van der Waals surface area contributed by atoms with Gasteiger partial charge in [-0.1, -0.05) is 29.8 Å². The van der Waals surface area contributed by atoms with E-state index in [1.807, 2.05) is 25.1 Å². The van der Waals surface area contributed by atoms with Crippen molar-refractivity contribution in [2.75, 3.05) is 6.54 Å². The quantitative estimate of drug-likeness (QED) is 0.874. The fourth-order valence-electron chi connectivity index (χ4n) is 2.06. The first kappa shape index (κ1) is 15.9. The summed E-state index contributed by atoms with van der Waals surface area (Å²) in [6.45, 7) is 2.07. The zero-order valence-corrected chi connectivity index (χ0v) is 12.2. The van der Waals surface area contributed by atoms with Gasteiger partial charge in [-0.15, -0.1) is 0 Å². The molecule has 0 fully saturated rings. The van der Waals surface area contributed by atoms with Crippen molar-refractivity contribution in [2.24, 2.45) is 0 Å². The summed E-state index contributed by atoms with van der Waals surface area (Å²) in [5, 5.41) is 13.7. The third-order valence-corrected chi connectivity index (χ3v) is 3.52. The topological polar surface area (TPSA) is 32.3 Å². The Morgan fingerprint density at radius 3 is 2.62 bits per heavy atom. The lowest BCUT2D eigenvalue weighted by Gasteiger charge is -2.18. The van der Waals surface area contributed by atoms with E-state index in [1.165, 1.54) is 6.07 Å². The number of benzene rings is 2. The second-order valence-electron chi connectivity index (χ2n) is 4.87. The van der Waals surface area contributed by atoms with Crippen LogP contribution in [0, 0.1) is 11.6 Å². The van der Waals surface area contributed by atoms with Gasteiger partial charge in [-0.25, -0.2) is 8.78 Å². The van der Waals surface area contributed by atoms with E-state index in [1.54, 1.807) is 6.07 Å². The van der Waals surface area contributed by atoms with Crippen LogP contribution in [0.1, 0.15) is 30.2 Å². The predicted octanol–water partition coefficient (Wildman–Crippen LogP) is 4.00. The Labute approximate surface area is 127 Å². The molecule has 0 radical (unpaired) electrons. The number of nitrogens with one attached hydrogen (secondary N) is 1. The highest BCUT2D eigenvalue weighted by Crippen LogP contribution is 2.20. The van der Waals surface area contributed by atoms with Crippen molar-refractivity contribution >= 4 is 11.6 Å². The highest BCUT2D eigenvalue weighted by molar-refractivity contribution is 6.30. The van der Waals surface area contributed by atoms with Crippen LogP contribution in [0.3, 0.4) is 0 Å². The SMILES string of the molecule is CC(NCC(O)c1ccc(F)cc1F)c1cccc(Cl)c1. The second kappa shape index (κ2) is 6.98. The predicted molar refractivity (Wildman–Crippen MR) is 79.2 cm³/mol. The zero-order valence-electron chi connectivity index (χ0n) is 11.5. The lowest BCUT2D eigenvalue weighted by Crippen LogP contribution is -2.25. The van der Waals surface area contributed by atoms with Crippen molar-refractivity contribution in [1.29, 1.82) is 0 Å². The van der Waals surface area contributed by atoms with Crippen LogP contribution in [-0.2, 0) is 0 Å². The summed E-state index contributed by atoms with van der Waals surface area (Å²) in [4.78, 5) is 0. The molecule has 2 aromatic rings. The van der Waals surface area contributed by atoms with Crippen LogP contribution in [-0.4, -0.2) is 11.7 Å².